The molecule has 0 bridgehead atoms. The van der Waals surface area contributed by atoms with Crippen LogP contribution in [0, 0.1) is 26.6 Å². The molecule has 0 atom stereocenters. The molecule has 32 heavy (non-hydrogen) atoms. The maximum Gasteiger partial charge on any atom is 0.258 e. The first-order chi connectivity index (χ1) is 15.3. The molecule has 7 nitrogen and oxygen atoms in total. The zero-order valence-corrected chi connectivity index (χ0v) is 19.0. The van der Waals surface area contributed by atoms with Gasteiger partial charge in [0.1, 0.15) is 11.6 Å². The number of ether oxygens (including phenoxy) is 1. The van der Waals surface area contributed by atoms with E-state index in [-0.39, 0.29) is 11.5 Å². The van der Waals surface area contributed by atoms with Crippen LogP contribution in [0.5, 0.6) is 5.75 Å². The average molecular weight is 438 g/mol. The Morgan fingerprint density at radius 1 is 1.19 bits per heavy atom. The van der Waals surface area contributed by atoms with E-state index in [0.717, 1.165) is 17.0 Å². The molecule has 168 valence electrons. The van der Waals surface area contributed by atoms with Crippen LogP contribution < -0.4 is 15.4 Å². The lowest BCUT2D eigenvalue weighted by atomic mass is 10.1. The fourth-order valence-corrected chi connectivity index (χ4v) is 3.36. The maximum atomic E-state index is 13.9. The SMILES string of the molecule is COc1ccccc1NC(=NCCc1c(C)nn(C)c1C)NC(=O)c1ccc(C)c(F)c1. The van der Waals surface area contributed by atoms with Crippen molar-refractivity contribution in [2.45, 2.75) is 27.2 Å². The zero-order chi connectivity index (χ0) is 23.3. The number of nitrogens with zero attached hydrogens (tertiary/aromatic N) is 3. The van der Waals surface area contributed by atoms with Crippen molar-refractivity contribution in [2.75, 3.05) is 19.0 Å². The summed E-state index contributed by atoms with van der Waals surface area (Å²) in [6.07, 6.45) is 0.664. The van der Waals surface area contributed by atoms with Crippen molar-refractivity contribution in [1.29, 1.82) is 0 Å². The number of amides is 1. The lowest BCUT2D eigenvalue weighted by molar-refractivity contribution is 0.0976. The van der Waals surface area contributed by atoms with Gasteiger partial charge in [0, 0.05) is 24.8 Å². The monoisotopic (exact) mass is 437 g/mol. The predicted octanol–water partition coefficient (Wildman–Crippen LogP) is 3.93. The Labute approximate surface area is 187 Å². The van der Waals surface area contributed by atoms with Crippen LogP contribution in [-0.2, 0) is 13.5 Å². The van der Waals surface area contributed by atoms with Crippen molar-refractivity contribution in [3.63, 3.8) is 0 Å². The molecule has 8 heteroatoms. The zero-order valence-electron chi connectivity index (χ0n) is 19.0. The number of nitrogens with one attached hydrogen (secondary N) is 2. The number of benzene rings is 2. The van der Waals surface area contributed by atoms with Gasteiger partial charge < -0.3 is 10.1 Å². The molecule has 0 aliphatic carbocycles. The number of anilines is 1. The average Bonchev–Trinajstić information content (AvgIpc) is 3.01. The van der Waals surface area contributed by atoms with Gasteiger partial charge in [0.2, 0.25) is 5.96 Å². The van der Waals surface area contributed by atoms with E-state index in [1.807, 2.05) is 43.8 Å². The third-order valence-corrected chi connectivity index (χ3v) is 5.32. The number of carbonyl (C=O) groups is 1. The predicted molar refractivity (Wildman–Crippen MR) is 124 cm³/mol. The molecule has 0 aliphatic heterocycles. The molecule has 0 saturated heterocycles. The van der Waals surface area contributed by atoms with Crippen molar-refractivity contribution in [3.8, 4) is 5.75 Å². The number of halogens is 1. The van der Waals surface area contributed by atoms with Crippen molar-refractivity contribution in [2.24, 2.45) is 12.0 Å². The molecule has 0 aliphatic rings. The lowest BCUT2D eigenvalue weighted by Gasteiger charge is -2.14. The van der Waals surface area contributed by atoms with Crippen LogP contribution in [0.3, 0.4) is 0 Å². The summed E-state index contributed by atoms with van der Waals surface area (Å²) >= 11 is 0. The van der Waals surface area contributed by atoms with Gasteiger partial charge in [0.15, 0.2) is 0 Å². The van der Waals surface area contributed by atoms with E-state index in [4.69, 9.17) is 4.74 Å². The van der Waals surface area contributed by atoms with Crippen LogP contribution in [-0.4, -0.2) is 35.3 Å². The van der Waals surface area contributed by atoms with Gasteiger partial charge in [-0.1, -0.05) is 18.2 Å². The number of para-hydroxylation sites is 2. The van der Waals surface area contributed by atoms with Crippen molar-refractivity contribution >= 4 is 17.6 Å². The number of hydrogen-bond acceptors (Lipinski definition) is 4. The minimum Gasteiger partial charge on any atom is -0.495 e. The highest BCUT2D eigenvalue weighted by Crippen LogP contribution is 2.23. The molecular weight excluding hydrogens is 409 g/mol. The third kappa shape index (κ3) is 5.32. The quantitative estimate of drug-likeness (QED) is 0.452. The Morgan fingerprint density at radius 2 is 1.94 bits per heavy atom. The molecule has 1 heterocycles. The Balaban J connectivity index is 1.83. The first-order valence-electron chi connectivity index (χ1n) is 10.3. The topological polar surface area (TPSA) is 80.5 Å². The first kappa shape index (κ1) is 23.0. The first-order valence-corrected chi connectivity index (χ1v) is 10.3. The van der Waals surface area contributed by atoms with Crippen LogP contribution >= 0.6 is 0 Å². The summed E-state index contributed by atoms with van der Waals surface area (Å²) < 4.78 is 21.2. The molecule has 3 aromatic rings. The maximum absolute atomic E-state index is 13.9. The van der Waals surface area contributed by atoms with E-state index in [0.29, 0.717) is 30.0 Å². The molecule has 2 aromatic carbocycles. The minimum atomic E-state index is -0.459. The van der Waals surface area contributed by atoms with Gasteiger partial charge in [-0.05, 0) is 62.6 Å². The lowest BCUT2D eigenvalue weighted by Crippen LogP contribution is -2.36. The Kier molecular flexibility index (Phi) is 7.25. The number of rotatable bonds is 6. The van der Waals surface area contributed by atoms with E-state index in [1.54, 1.807) is 32.2 Å². The fourth-order valence-electron chi connectivity index (χ4n) is 3.36. The Hall–Kier alpha value is -3.68. The van der Waals surface area contributed by atoms with Crippen LogP contribution in [0.1, 0.15) is 32.9 Å². The van der Waals surface area contributed by atoms with E-state index >= 15 is 0 Å². The van der Waals surface area contributed by atoms with Crippen LogP contribution in [0.25, 0.3) is 0 Å². The standard InChI is InChI=1S/C24H28FN5O2/c1-15-10-11-18(14-20(15)25)23(31)28-24(27-21-8-6-7-9-22(21)32-5)26-13-12-19-16(2)29-30(4)17(19)3/h6-11,14H,12-13H2,1-5H3,(H2,26,27,28,31). The van der Waals surface area contributed by atoms with Gasteiger partial charge >= 0.3 is 0 Å². The molecule has 0 saturated carbocycles. The second kappa shape index (κ2) is 10.1. The van der Waals surface area contributed by atoms with Crippen molar-refractivity contribution in [3.05, 3.63) is 76.4 Å². The van der Waals surface area contributed by atoms with Crippen molar-refractivity contribution < 1.29 is 13.9 Å². The normalized spacial score (nSPS) is 11.4. The van der Waals surface area contributed by atoms with Gasteiger partial charge in [-0.3, -0.25) is 19.8 Å². The van der Waals surface area contributed by atoms with Gasteiger partial charge in [-0.25, -0.2) is 4.39 Å². The molecule has 0 fully saturated rings. The highest BCUT2D eigenvalue weighted by atomic mass is 19.1. The number of aromatic nitrogens is 2. The smallest absolute Gasteiger partial charge is 0.258 e. The summed E-state index contributed by atoms with van der Waals surface area (Å²) in [5.74, 6) is -0.0374. The Bertz CT molecular complexity index is 1150. The van der Waals surface area contributed by atoms with Crippen molar-refractivity contribution in [1.82, 2.24) is 15.1 Å². The minimum absolute atomic E-state index is 0.210. The van der Waals surface area contributed by atoms with E-state index < -0.39 is 11.7 Å². The van der Waals surface area contributed by atoms with E-state index in [9.17, 15) is 9.18 Å². The van der Waals surface area contributed by atoms with E-state index in [1.165, 1.54) is 6.07 Å². The molecule has 1 amide bonds. The van der Waals surface area contributed by atoms with Crippen LogP contribution in [0.15, 0.2) is 47.5 Å². The number of guanidine groups is 1. The number of aliphatic imine (C=N–C) groups is 1. The summed E-state index contributed by atoms with van der Waals surface area (Å²) in [6.45, 7) is 6.05. The molecule has 0 spiro atoms. The number of aryl methyl sites for hydroxylation is 3. The molecule has 0 radical (unpaired) electrons. The van der Waals surface area contributed by atoms with Crippen LogP contribution in [0.2, 0.25) is 0 Å². The molecule has 1 aromatic heterocycles. The number of hydrogen-bond donors (Lipinski definition) is 2. The molecule has 0 unspecified atom stereocenters. The summed E-state index contributed by atoms with van der Waals surface area (Å²) in [6, 6.07) is 11.7. The summed E-state index contributed by atoms with van der Waals surface area (Å²) in [4.78, 5) is 17.3. The van der Waals surface area contributed by atoms with E-state index in [2.05, 4.69) is 20.7 Å². The second-order valence-electron chi connectivity index (χ2n) is 7.50. The van der Waals surface area contributed by atoms with Gasteiger partial charge in [0.25, 0.3) is 5.91 Å². The summed E-state index contributed by atoms with van der Waals surface area (Å²) in [5.41, 5.74) is 4.50. The summed E-state index contributed by atoms with van der Waals surface area (Å²) in [5, 5.41) is 10.3. The number of carbonyl (C=O) groups excluding carboxylic acids is 1. The third-order valence-electron chi connectivity index (χ3n) is 5.32. The van der Waals surface area contributed by atoms with Gasteiger partial charge in [-0.2, -0.15) is 5.10 Å². The second-order valence-corrected chi connectivity index (χ2v) is 7.50. The number of methoxy groups -OCH3 is 1. The van der Waals surface area contributed by atoms with Gasteiger partial charge in [0.05, 0.1) is 18.5 Å². The highest BCUT2D eigenvalue weighted by molar-refractivity contribution is 6.10. The molecule has 2 N–H and O–H groups in total. The highest BCUT2D eigenvalue weighted by Gasteiger charge is 2.14. The van der Waals surface area contributed by atoms with Crippen LogP contribution in [0.4, 0.5) is 10.1 Å². The van der Waals surface area contributed by atoms with Gasteiger partial charge in [-0.15, -0.1) is 0 Å². The largest absolute Gasteiger partial charge is 0.495 e. The molecule has 3 rings (SSSR count). The molecular formula is C24H28FN5O2. The fraction of sp³-hybridized carbons (Fsp3) is 0.292. The Morgan fingerprint density at radius 3 is 2.59 bits per heavy atom. The summed E-state index contributed by atoms with van der Waals surface area (Å²) in [7, 11) is 3.48.